The zero-order valence-electron chi connectivity index (χ0n) is 16.0. The van der Waals surface area contributed by atoms with Crippen LogP contribution in [-0.4, -0.2) is 21.3 Å². The smallest absolute Gasteiger partial charge is 0.250 e. The number of aryl methyl sites for hydroxylation is 2. The molecule has 5 heteroatoms. The fourth-order valence-corrected chi connectivity index (χ4v) is 4.04. The summed E-state index contributed by atoms with van der Waals surface area (Å²) >= 11 is 0. The zero-order valence-corrected chi connectivity index (χ0v) is 16.0. The quantitative estimate of drug-likeness (QED) is 0.719. The van der Waals surface area contributed by atoms with Crippen LogP contribution in [0.5, 0.6) is 0 Å². The summed E-state index contributed by atoms with van der Waals surface area (Å²) in [5.74, 6) is 0.522. The summed E-state index contributed by atoms with van der Waals surface area (Å²) in [6, 6.07) is 10.5. The third-order valence-electron chi connectivity index (χ3n) is 5.49. The average molecular weight is 362 g/mol. The molecule has 140 valence electrons. The second-order valence-corrected chi connectivity index (χ2v) is 7.62. The predicted molar refractivity (Wildman–Crippen MR) is 109 cm³/mol. The van der Waals surface area contributed by atoms with Gasteiger partial charge in [-0.05, 0) is 44.4 Å². The molecular formula is C22H26N4O. The number of hydrogen-bond donors (Lipinski definition) is 2. The lowest BCUT2D eigenvalue weighted by molar-refractivity contribution is 0.1000. The molecule has 0 spiro atoms. The molecule has 0 bridgehead atoms. The number of carbonyl (C=O) groups is 1. The number of primary amides is 1. The molecule has 0 radical (unpaired) electrons. The summed E-state index contributed by atoms with van der Waals surface area (Å²) < 4.78 is 1.98. The first-order chi connectivity index (χ1) is 13.0. The van der Waals surface area contributed by atoms with Gasteiger partial charge in [0.2, 0.25) is 5.91 Å². The molecule has 2 heterocycles. The van der Waals surface area contributed by atoms with Crippen LogP contribution in [0.2, 0.25) is 0 Å². The molecular weight excluding hydrogens is 336 g/mol. The van der Waals surface area contributed by atoms with Gasteiger partial charge in [0, 0.05) is 17.8 Å². The van der Waals surface area contributed by atoms with Crippen LogP contribution in [-0.2, 0) is 0 Å². The van der Waals surface area contributed by atoms with Crippen LogP contribution in [0.15, 0.2) is 36.5 Å². The Kier molecular flexibility index (Phi) is 4.60. The second kappa shape index (κ2) is 7.06. The third-order valence-corrected chi connectivity index (χ3v) is 5.49. The van der Waals surface area contributed by atoms with Gasteiger partial charge in [-0.3, -0.25) is 9.20 Å². The van der Waals surface area contributed by atoms with Crippen molar-refractivity contribution in [3.05, 3.63) is 53.2 Å². The number of nitrogens with two attached hydrogens (primary N) is 1. The number of anilines is 1. The van der Waals surface area contributed by atoms with E-state index in [0.29, 0.717) is 11.6 Å². The first kappa shape index (κ1) is 17.6. The molecule has 1 amide bonds. The van der Waals surface area contributed by atoms with Crippen LogP contribution < -0.4 is 11.1 Å². The summed E-state index contributed by atoms with van der Waals surface area (Å²) in [7, 11) is 0. The number of amides is 1. The number of imidazole rings is 1. The van der Waals surface area contributed by atoms with Crippen molar-refractivity contribution < 1.29 is 4.79 Å². The number of benzene rings is 1. The van der Waals surface area contributed by atoms with Gasteiger partial charge in [0.15, 0.2) is 0 Å². The van der Waals surface area contributed by atoms with E-state index in [0.717, 1.165) is 35.6 Å². The number of pyridine rings is 1. The van der Waals surface area contributed by atoms with Crippen LogP contribution >= 0.6 is 0 Å². The average Bonchev–Trinajstić information content (AvgIpc) is 3.00. The van der Waals surface area contributed by atoms with Crippen molar-refractivity contribution in [2.45, 2.75) is 52.0 Å². The molecule has 1 aliphatic rings. The molecule has 2 aromatic heterocycles. The van der Waals surface area contributed by atoms with Crippen LogP contribution in [0.1, 0.15) is 53.6 Å². The van der Waals surface area contributed by atoms with E-state index in [2.05, 4.69) is 37.4 Å². The number of carbonyl (C=O) groups excluding carboxylic acids is 1. The van der Waals surface area contributed by atoms with Crippen LogP contribution in [0.3, 0.4) is 0 Å². The number of aromatic nitrogens is 2. The third kappa shape index (κ3) is 3.42. The van der Waals surface area contributed by atoms with Crippen LogP contribution in [0.25, 0.3) is 16.9 Å². The molecule has 1 aliphatic carbocycles. The van der Waals surface area contributed by atoms with Gasteiger partial charge in [-0.25, -0.2) is 4.98 Å². The Morgan fingerprint density at radius 2 is 1.93 bits per heavy atom. The van der Waals surface area contributed by atoms with E-state index in [1.54, 1.807) is 12.3 Å². The van der Waals surface area contributed by atoms with E-state index in [4.69, 9.17) is 10.7 Å². The van der Waals surface area contributed by atoms with Crippen molar-refractivity contribution in [2.75, 3.05) is 5.32 Å². The van der Waals surface area contributed by atoms with E-state index in [-0.39, 0.29) is 0 Å². The van der Waals surface area contributed by atoms with Crippen molar-refractivity contribution >= 4 is 17.4 Å². The van der Waals surface area contributed by atoms with E-state index >= 15 is 0 Å². The molecule has 5 nitrogen and oxygen atoms in total. The Bertz CT molecular complexity index is 999. The molecule has 1 fully saturated rings. The van der Waals surface area contributed by atoms with Gasteiger partial charge in [-0.2, -0.15) is 0 Å². The highest BCUT2D eigenvalue weighted by atomic mass is 16.1. The van der Waals surface area contributed by atoms with E-state index in [9.17, 15) is 4.79 Å². The molecule has 0 unspecified atom stereocenters. The SMILES string of the molecule is Cc1ccc(-c2nc3ccc(C(N)=O)cn3c2NC2CCCCC2)c(C)c1. The molecule has 3 aromatic rings. The lowest BCUT2D eigenvalue weighted by Gasteiger charge is -2.24. The topological polar surface area (TPSA) is 72.4 Å². The molecule has 0 atom stereocenters. The normalized spacial score (nSPS) is 15.2. The minimum Gasteiger partial charge on any atom is -0.367 e. The highest BCUT2D eigenvalue weighted by Gasteiger charge is 2.21. The lowest BCUT2D eigenvalue weighted by atomic mass is 9.95. The van der Waals surface area contributed by atoms with Crippen molar-refractivity contribution in [1.82, 2.24) is 9.38 Å². The van der Waals surface area contributed by atoms with Crippen molar-refractivity contribution in [3.8, 4) is 11.3 Å². The van der Waals surface area contributed by atoms with Gasteiger partial charge in [0.05, 0.1) is 5.56 Å². The summed E-state index contributed by atoms with van der Waals surface area (Å²) in [6.07, 6.45) is 7.92. The standard InChI is InChI=1S/C22H26N4O/c1-14-8-10-18(15(2)12-14)20-22(24-17-6-4-3-5-7-17)26-13-16(21(23)27)9-11-19(26)25-20/h8-13,17,24H,3-7H2,1-2H3,(H2,23,27). The molecule has 0 aliphatic heterocycles. The van der Waals surface area contributed by atoms with Crippen LogP contribution in [0.4, 0.5) is 5.82 Å². The molecule has 4 rings (SSSR count). The van der Waals surface area contributed by atoms with Gasteiger partial charge in [-0.15, -0.1) is 0 Å². The largest absolute Gasteiger partial charge is 0.367 e. The Morgan fingerprint density at radius 3 is 2.63 bits per heavy atom. The fraction of sp³-hybridized carbons (Fsp3) is 0.364. The maximum absolute atomic E-state index is 11.7. The summed E-state index contributed by atoms with van der Waals surface area (Å²) in [5, 5.41) is 3.73. The van der Waals surface area contributed by atoms with Gasteiger partial charge in [0.1, 0.15) is 17.2 Å². The van der Waals surface area contributed by atoms with E-state index < -0.39 is 5.91 Å². The summed E-state index contributed by atoms with van der Waals surface area (Å²) in [4.78, 5) is 16.6. The van der Waals surface area contributed by atoms with Gasteiger partial charge < -0.3 is 11.1 Å². The van der Waals surface area contributed by atoms with Gasteiger partial charge >= 0.3 is 0 Å². The second-order valence-electron chi connectivity index (χ2n) is 7.62. The first-order valence-corrected chi connectivity index (χ1v) is 9.69. The molecule has 27 heavy (non-hydrogen) atoms. The van der Waals surface area contributed by atoms with Crippen molar-refractivity contribution in [2.24, 2.45) is 5.73 Å². The Morgan fingerprint density at radius 1 is 1.15 bits per heavy atom. The molecule has 0 saturated heterocycles. The predicted octanol–water partition coefficient (Wildman–Crippen LogP) is 4.46. The maximum Gasteiger partial charge on any atom is 0.250 e. The Balaban J connectivity index is 1.88. The zero-order chi connectivity index (χ0) is 19.0. The van der Waals surface area contributed by atoms with E-state index in [1.807, 2.05) is 10.5 Å². The Labute approximate surface area is 159 Å². The van der Waals surface area contributed by atoms with Crippen molar-refractivity contribution in [1.29, 1.82) is 0 Å². The highest BCUT2D eigenvalue weighted by molar-refractivity contribution is 5.93. The van der Waals surface area contributed by atoms with Crippen molar-refractivity contribution in [3.63, 3.8) is 0 Å². The number of fused-ring (bicyclic) bond motifs is 1. The number of hydrogen-bond acceptors (Lipinski definition) is 3. The number of nitrogens with zero attached hydrogens (tertiary/aromatic N) is 2. The molecule has 3 N–H and O–H groups in total. The minimum absolute atomic E-state index is 0.428. The summed E-state index contributed by atoms with van der Waals surface area (Å²) in [6.45, 7) is 4.21. The van der Waals surface area contributed by atoms with Gasteiger partial charge in [-0.1, -0.05) is 43.0 Å². The van der Waals surface area contributed by atoms with Gasteiger partial charge in [0.25, 0.3) is 0 Å². The maximum atomic E-state index is 11.7. The lowest BCUT2D eigenvalue weighted by Crippen LogP contribution is -2.23. The number of rotatable bonds is 4. The van der Waals surface area contributed by atoms with Crippen LogP contribution in [0, 0.1) is 13.8 Å². The Hall–Kier alpha value is -2.82. The summed E-state index contributed by atoms with van der Waals surface area (Å²) in [5.41, 5.74) is 11.3. The number of nitrogens with one attached hydrogen (secondary N) is 1. The molecule has 1 saturated carbocycles. The van der Waals surface area contributed by atoms with E-state index in [1.165, 1.54) is 30.4 Å². The highest BCUT2D eigenvalue weighted by Crippen LogP contribution is 2.33. The first-order valence-electron chi connectivity index (χ1n) is 9.69. The minimum atomic E-state index is -0.428. The monoisotopic (exact) mass is 362 g/mol. The molecule has 1 aromatic carbocycles. The fourth-order valence-electron chi connectivity index (χ4n) is 4.04.